The fraction of sp³-hybridized carbons (Fsp3) is 0.250. The van der Waals surface area contributed by atoms with Gasteiger partial charge in [0.05, 0.1) is 5.92 Å². The lowest BCUT2D eigenvalue weighted by atomic mass is 10.2. The minimum atomic E-state index is -0.630. The predicted octanol–water partition coefficient (Wildman–Crippen LogP) is 2.81. The molecule has 1 saturated carbocycles. The SMILES string of the molecule is C=Cc1ccccc1.O=C(O)C1CC1. The zero-order chi connectivity index (χ0) is 10.4. The molecule has 0 atom stereocenters. The Labute approximate surface area is 83.9 Å². The average Bonchev–Trinajstić information content (AvgIpc) is 3.03. The average molecular weight is 190 g/mol. The van der Waals surface area contributed by atoms with Crippen LogP contribution in [0.25, 0.3) is 6.08 Å². The second kappa shape index (κ2) is 5.22. The molecule has 1 aromatic carbocycles. The van der Waals surface area contributed by atoms with Gasteiger partial charge in [-0.25, -0.2) is 0 Å². The summed E-state index contributed by atoms with van der Waals surface area (Å²) < 4.78 is 0. The maximum Gasteiger partial charge on any atom is 0.306 e. The van der Waals surface area contributed by atoms with Crippen molar-refractivity contribution in [3.05, 3.63) is 42.5 Å². The van der Waals surface area contributed by atoms with Crippen LogP contribution >= 0.6 is 0 Å². The number of carboxylic acids is 1. The molecular formula is C12H14O2. The number of carboxylic acid groups (broad SMARTS) is 1. The van der Waals surface area contributed by atoms with Gasteiger partial charge in [0.2, 0.25) is 0 Å². The van der Waals surface area contributed by atoms with Crippen LogP contribution in [0.5, 0.6) is 0 Å². The fourth-order valence-electron chi connectivity index (χ4n) is 0.919. The van der Waals surface area contributed by atoms with Gasteiger partial charge in [0.15, 0.2) is 0 Å². The third-order valence-electron chi connectivity index (χ3n) is 1.96. The van der Waals surface area contributed by atoms with Crippen molar-refractivity contribution < 1.29 is 9.90 Å². The molecule has 1 aliphatic rings. The molecule has 0 amide bonds. The quantitative estimate of drug-likeness (QED) is 0.778. The predicted molar refractivity (Wildman–Crippen MR) is 56.9 cm³/mol. The molecule has 1 aromatic rings. The Hall–Kier alpha value is -1.57. The van der Waals surface area contributed by atoms with E-state index >= 15 is 0 Å². The van der Waals surface area contributed by atoms with Crippen LogP contribution in [0.1, 0.15) is 18.4 Å². The zero-order valence-electron chi connectivity index (χ0n) is 8.02. The van der Waals surface area contributed by atoms with Crippen LogP contribution in [0.15, 0.2) is 36.9 Å². The largest absolute Gasteiger partial charge is 0.481 e. The third kappa shape index (κ3) is 3.90. The summed E-state index contributed by atoms with van der Waals surface area (Å²) in [6.45, 7) is 3.63. The molecule has 1 aliphatic carbocycles. The van der Waals surface area contributed by atoms with Crippen molar-refractivity contribution in [2.24, 2.45) is 5.92 Å². The van der Waals surface area contributed by atoms with Gasteiger partial charge >= 0.3 is 5.97 Å². The van der Waals surface area contributed by atoms with Crippen molar-refractivity contribution in [1.82, 2.24) is 0 Å². The Morgan fingerprint density at radius 3 is 2.14 bits per heavy atom. The fourth-order valence-corrected chi connectivity index (χ4v) is 0.919. The molecule has 2 heteroatoms. The molecule has 0 unspecified atom stereocenters. The molecule has 1 N–H and O–H groups in total. The standard InChI is InChI=1S/C8H8.C4H6O2/c1-2-8-6-4-3-5-7-8;5-4(6)3-1-2-3/h2-7H,1H2;3H,1-2H2,(H,5,6). The lowest BCUT2D eigenvalue weighted by Gasteiger charge is -1.85. The highest BCUT2D eigenvalue weighted by molar-refractivity contribution is 5.72. The van der Waals surface area contributed by atoms with Crippen molar-refractivity contribution in [3.63, 3.8) is 0 Å². The lowest BCUT2D eigenvalue weighted by Crippen LogP contribution is -1.94. The minimum absolute atomic E-state index is 0.0185. The zero-order valence-corrected chi connectivity index (χ0v) is 8.02. The molecule has 0 radical (unpaired) electrons. The van der Waals surface area contributed by atoms with E-state index in [1.165, 1.54) is 5.56 Å². The van der Waals surface area contributed by atoms with Crippen LogP contribution in [0.4, 0.5) is 0 Å². The summed E-state index contributed by atoms with van der Waals surface area (Å²) in [6.07, 6.45) is 3.63. The summed E-state index contributed by atoms with van der Waals surface area (Å²) in [5, 5.41) is 8.05. The molecule has 0 spiro atoms. The van der Waals surface area contributed by atoms with E-state index in [0.29, 0.717) is 0 Å². The Morgan fingerprint density at radius 1 is 1.36 bits per heavy atom. The van der Waals surface area contributed by atoms with Gasteiger partial charge in [0.1, 0.15) is 0 Å². The highest BCUT2D eigenvalue weighted by Gasteiger charge is 2.28. The Balaban J connectivity index is 0.000000146. The highest BCUT2D eigenvalue weighted by atomic mass is 16.4. The Morgan fingerprint density at radius 2 is 1.93 bits per heavy atom. The Kier molecular flexibility index (Phi) is 3.92. The molecule has 2 rings (SSSR count). The molecule has 14 heavy (non-hydrogen) atoms. The number of aliphatic carboxylic acids is 1. The summed E-state index contributed by atoms with van der Waals surface area (Å²) in [7, 11) is 0. The topological polar surface area (TPSA) is 37.3 Å². The first kappa shape index (κ1) is 10.5. The van der Waals surface area contributed by atoms with Gasteiger partial charge < -0.3 is 5.11 Å². The second-order valence-electron chi connectivity index (χ2n) is 3.23. The maximum absolute atomic E-state index is 9.76. The van der Waals surface area contributed by atoms with Crippen molar-refractivity contribution in [3.8, 4) is 0 Å². The molecule has 0 bridgehead atoms. The van der Waals surface area contributed by atoms with Gasteiger partial charge in [-0.2, -0.15) is 0 Å². The van der Waals surface area contributed by atoms with E-state index in [0.717, 1.165) is 12.8 Å². The maximum atomic E-state index is 9.76. The molecule has 0 saturated heterocycles. The van der Waals surface area contributed by atoms with Crippen LogP contribution in [0, 0.1) is 5.92 Å². The van der Waals surface area contributed by atoms with Gasteiger partial charge in [-0.05, 0) is 18.4 Å². The van der Waals surface area contributed by atoms with Crippen molar-refractivity contribution in [2.45, 2.75) is 12.8 Å². The van der Waals surface area contributed by atoms with Crippen molar-refractivity contribution in [1.29, 1.82) is 0 Å². The smallest absolute Gasteiger partial charge is 0.306 e. The number of hydrogen-bond acceptors (Lipinski definition) is 1. The van der Waals surface area contributed by atoms with E-state index in [1.807, 2.05) is 36.4 Å². The van der Waals surface area contributed by atoms with E-state index in [-0.39, 0.29) is 5.92 Å². The van der Waals surface area contributed by atoms with Crippen LogP contribution in [0.3, 0.4) is 0 Å². The molecule has 0 aromatic heterocycles. The molecule has 2 nitrogen and oxygen atoms in total. The Bertz CT molecular complexity index is 299. The number of hydrogen-bond donors (Lipinski definition) is 1. The molecule has 74 valence electrons. The molecule has 0 aliphatic heterocycles. The first-order valence-corrected chi connectivity index (χ1v) is 4.64. The normalized spacial score (nSPS) is 13.7. The first-order valence-electron chi connectivity index (χ1n) is 4.64. The lowest BCUT2D eigenvalue weighted by molar-refractivity contribution is -0.138. The summed E-state index contributed by atoms with van der Waals surface area (Å²) in [5.41, 5.74) is 1.17. The first-order chi connectivity index (χ1) is 6.74. The van der Waals surface area contributed by atoms with Crippen LogP contribution in [-0.2, 0) is 4.79 Å². The number of rotatable bonds is 2. The molecule has 1 fully saturated rings. The van der Waals surface area contributed by atoms with E-state index < -0.39 is 5.97 Å². The molecular weight excluding hydrogens is 176 g/mol. The van der Waals surface area contributed by atoms with Gasteiger partial charge in [-0.1, -0.05) is 43.0 Å². The van der Waals surface area contributed by atoms with Crippen LogP contribution in [-0.4, -0.2) is 11.1 Å². The van der Waals surface area contributed by atoms with Crippen LogP contribution in [0.2, 0.25) is 0 Å². The van der Waals surface area contributed by atoms with Crippen molar-refractivity contribution >= 4 is 12.0 Å². The van der Waals surface area contributed by atoms with E-state index in [4.69, 9.17) is 5.11 Å². The monoisotopic (exact) mass is 190 g/mol. The second-order valence-corrected chi connectivity index (χ2v) is 3.23. The van der Waals surface area contributed by atoms with Gasteiger partial charge in [0.25, 0.3) is 0 Å². The third-order valence-corrected chi connectivity index (χ3v) is 1.96. The number of benzene rings is 1. The summed E-state index contributed by atoms with van der Waals surface area (Å²) in [5.74, 6) is -0.611. The van der Waals surface area contributed by atoms with Crippen LogP contribution < -0.4 is 0 Å². The van der Waals surface area contributed by atoms with Crippen molar-refractivity contribution in [2.75, 3.05) is 0 Å². The molecule has 0 heterocycles. The number of carbonyl (C=O) groups is 1. The minimum Gasteiger partial charge on any atom is -0.481 e. The van der Waals surface area contributed by atoms with E-state index in [2.05, 4.69) is 6.58 Å². The summed E-state index contributed by atoms with van der Waals surface area (Å²) in [4.78, 5) is 9.76. The summed E-state index contributed by atoms with van der Waals surface area (Å²) in [6, 6.07) is 10.0. The highest BCUT2D eigenvalue weighted by Crippen LogP contribution is 2.28. The van der Waals surface area contributed by atoms with E-state index in [1.54, 1.807) is 0 Å². The summed E-state index contributed by atoms with van der Waals surface area (Å²) >= 11 is 0. The van der Waals surface area contributed by atoms with Gasteiger partial charge in [-0.3, -0.25) is 4.79 Å². The van der Waals surface area contributed by atoms with Gasteiger partial charge in [-0.15, -0.1) is 0 Å². The van der Waals surface area contributed by atoms with E-state index in [9.17, 15) is 4.79 Å². The van der Waals surface area contributed by atoms with Gasteiger partial charge in [0, 0.05) is 0 Å².